The maximum Gasteiger partial charge on any atom is 0.311 e. The third kappa shape index (κ3) is 3.47. The highest BCUT2D eigenvalue weighted by atomic mass is 16.5. The summed E-state index contributed by atoms with van der Waals surface area (Å²) in [5.74, 6) is -0.297. The van der Waals surface area contributed by atoms with Gasteiger partial charge in [-0.15, -0.1) is 0 Å². The molecule has 0 aromatic heterocycles. The first-order valence-electron chi connectivity index (χ1n) is 5.49. The zero-order valence-corrected chi connectivity index (χ0v) is 9.75. The number of nitrogens with one attached hydrogen (secondary N) is 1. The molecule has 1 rings (SSSR count). The number of carbonyl (C=O) groups is 1. The maximum absolute atomic E-state index is 10.9. The number of rotatable bonds is 4. The van der Waals surface area contributed by atoms with Gasteiger partial charge in [-0.3, -0.25) is 4.79 Å². The van der Waals surface area contributed by atoms with E-state index in [1.165, 1.54) is 0 Å². The van der Waals surface area contributed by atoms with Crippen molar-refractivity contribution in [3.05, 3.63) is 0 Å². The molecule has 0 spiro atoms. The molecule has 2 atom stereocenters. The van der Waals surface area contributed by atoms with Crippen LogP contribution in [0, 0.1) is 11.3 Å². The van der Waals surface area contributed by atoms with Crippen LogP contribution in [0.2, 0.25) is 0 Å². The summed E-state index contributed by atoms with van der Waals surface area (Å²) in [5, 5.41) is 12.2. The largest absolute Gasteiger partial charge is 0.481 e. The van der Waals surface area contributed by atoms with Gasteiger partial charge in [-0.2, -0.15) is 0 Å². The highest BCUT2D eigenvalue weighted by Crippen LogP contribution is 2.20. The van der Waals surface area contributed by atoms with E-state index in [1.807, 2.05) is 0 Å². The lowest BCUT2D eigenvalue weighted by molar-refractivity contribution is -0.152. The summed E-state index contributed by atoms with van der Waals surface area (Å²) in [7, 11) is 0. The third-order valence-electron chi connectivity index (χ3n) is 2.99. The van der Waals surface area contributed by atoms with Crippen molar-refractivity contribution < 1.29 is 14.6 Å². The Morgan fingerprint density at radius 2 is 2.27 bits per heavy atom. The summed E-state index contributed by atoms with van der Waals surface area (Å²) in [6.45, 7) is 7.67. The first-order valence-corrected chi connectivity index (χ1v) is 5.49. The molecule has 1 fully saturated rings. The molecular weight excluding hydrogens is 194 g/mol. The minimum Gasteiger partial charge on any atom is -0.481 e. The van der Waals surface area contributed by atoms with Crippen LogP contribution in [0.3, 0.4) is 0 Å². The van der Waals surface area contributed by atoms with Crippen LogP contribution >= 0.6 is 0 Å². The number of carboxylic acid groups (broad SMARTS) is 1. The monoisotopic (exact) mass is 215 g/mol. The summed E-state index contributed by atoms with van der Waals surface area (Å²) in [6, 6.07) is 0. The zero-order chi connectivity index (χ0) is 11.5. The van der Waals surface area contributed by atoms with Gasteiger partial charge in [-0.05, 0) is 32.7 Å². The minimum absolute atomic E-state index is 0.150. The van der Waals surface area contributed by atoms with Crippen molar-refractivity contribution in [1.29, 1.82) is 0 Å². The molecule has 2 N–H and O–H groups in total. The van der Waals surface area contributed by atoms with Gasteiger partial charge in [0.1, 0.15) is 0 Å². The Labute approximate surface area is 91.0 Å². The standard InChI is InChI=1S/C11H21NO3/c1-8-4-5-12-6-9(8)15-7-11(2,3)10(13)14/h8-9,12H,4-7H2,1-3H3,(H,13,14). The Hall–Kier alpha value is -0.610. The van der Waals surface area contributed by atoms with Gasteiger partial charge in [-0.25, -0.2) is 0 Å². The predicted octanol–water partition coefficient (Wildman–Crippen LogP) is 1.11. The summed E-state index contributed by atoms with van der Waals surface area (Å²) in [6.07, 6.45) is 1.25. The fraction of sp³-hybridized carbons (Fsp3) is 0.909. The van der Waals surface area contributed by atoms with Gasteiger partial charge in [0.05, 0.1) is 18.1 Å². The van der Waals surface area contributed by atoms with Crippen molar-refractivity contribution in [2.75, 3.05) is 19.7 Å². The van der Waals surface area contributed by atoms with Crippen LogP contribution in [-0.2, 0) is 9.53 Å². The molecule has 1 saturated heterocycles. The number of ether oxygens (including phenoxy) is 1. The molecule has 1 heterocycles. The second kappa shape index (κ2) is 4.94. The average Bonchev–Trinajstić information content (AvgIpc) is 2.16. The number of aliphatic carboxylic acids is 1. The highest BCUT2D eigenvalue weighted by molar-refractivity contribution is 5.73. The van der Waals surface area contributed by atoms with E-state index in [-0.39, 0.29) is 12.7 Å². The molecule has 0 amide bonds. The number of hydrogen-bond donors (Lipinski definition) is 2. The second-order valence-electron chi connectivity index (χ2n) is 5.01. The molecule has 0 aromatic rings. The normalized spacial score (nSPS) is 27.7. The topological polar surface area (TPSA) is 58.6 Å². The Morgan fingerprint density at radius 3 is 2.80 bits per heavy atom. The van der Waals surface area contributed by atoms with E-state index >= 15 is 0 Å². The highest BCUT2D eigenvalue weighted by Gasteiger charge is 2.30. The Morgan fingerprint density at radius 1 is 1.60 bits per heavy atom. The lowest BCUT2D eigenvalue weighted by Crippen LogP contribution is -2.43. The van der Waals surface area contributed by atoms with Crippen LogP contribution in [0.5, 0.6) is 0 Å². The lowest BCUT2D eigenvalue weighted by atomic mass is 9.94. The van der Waals surface area contributed by atoms with Crippen molar-refractivity contribution in [2.24, 2.45) is 11.3 Å². The van der Waals surface area contributed by atoms with Crippen LogP contribution < -0.4 is 5.32 Å². The number of piperidine rings is 1. The molecule has 4 nitrogen and oxygen atoms in total. The average molecular weight is 215 g/mol. The molecule has 0 radical (unpaired) electrons. The first kappa shape index (κ1) is 12.5. The van der Waals surface area contributed by atoms with Gasteiger partial charge in [0.25, 0.3) is 0 Å². The number of carboxylic acids is 1. The zero-order valence-electron chi connectivity index (χ0n) is 9.75. The predicted molar refractivity (Wildman–Crippen MR) is 57.8 cm³/mol. The minimum atomic E-state index is -0.807. The summed E-state index contributed by atoms with van der Waals surface area (Å²) in [5.41, 5.74) is -0.794. The van der Waals surface area contributed by atoms with Crippen LogP contribution in [0.4, 0.5) is 0 Å². The van der Waals surface area contributed by atoms with Crippen LogP contribution in [0.25, 0.3) is 0 Å². The van der Waals surface area contributed by atoms with E-state index in [1.54, 1.807) is 13.8 Å². The van der Waals surface area contributed by atoms with Crippen molar-refractivity contribution in [2.45, 2.75) is 33.3 Å². The molecule has 2 unspecified atom stereocenters. The van der Waals surface area contributed by atoms with E-state index in [0.717, 1.165) is 19.5 Å². The quantitative estimate of drug-likeness (QED) is 0.737. The van der Waals surface area contributed by atoms with Crippen molar-refractivity contribution in [1.82, 2.24) is 5.32 Å². The number of hydrogen-bond acceptors (Lipinski definition) is 3. The van der Waals surface area contributed by atoms with Gasteiger partial charge in [0.15, 0.2) is 0 Å². The van der Waals surface area contributed by atoms with Crippen molar-refractivity contribution in [3.63, 3.8) is 0 Å². The van der Waals surface area contributed by atoms with E-state index in [9.17, 15) is 4.79 Å². The fourth-order valence-electron chi connectivity index (χ4n) is 1.56. The molecule has 0 aliphatic carbocycles. The summed E-state index contributed by atoms with van der Waals surface area (Å²) in [4.78, 5) is 10.9. The van der Waals surface area contributed by atoms with Crippen molar-refractivity contribution in [3.8, 4) is 0 Å². The molecule has 0 aromatic carbocycles. The SMILES string of the molecule is CC1CCNCC1OCC(C)(C)C(=O)O. The van der Waals surface area contributed by atoms with Crippen LogP contribution in [0.1, 0.15) is 27.2 Å². The van der Waals surface area contributed by atoms with Gasteiger partial charge >= 0.3 is 5.97 Å². The van der Waals surface area contributed by atoms with E-state index in [4.69, 9.17) is 9.84 Å². The Bertz CT molecular complexity index is 228. The smallest absolute Gasteiger partial charge is 0.311 e. The molecule has 0 saturated carbocycles. The van der Waals surface area contributed by atoms with E-state index in [2.05, 4.69) is 12.2 Å². The molecule has 4 heteroatoms. The molecule has 88 valence electrons. The van der Waals surface area contributed by atoms with Crippen molar-refractivity contribution >= 4 is 5.97 Å². The molecule has 15 heavy (non-hydrogen) atoms. The lowest BCUT2D eigenvalue weighted by Gasteiger charge is -2.31. The van der Waals surface area contributed by atoms with Gasteiger partial charge in [0.2, 0.25) is 0 Å². The summed E-state index contributed by atoms with van der Waals surface area (Å²) < 4.78 is 5.68. The van der Waals surface area contributed by atoms with E-state index < -0.39 is 11.4 Å². The first-order chi connectivity index (χ1) is 6.93. The molecular formula is C11H21NO3. The van der Waals surface area contributed by atoms with Crippen LogP contribution in [0.15, 0.2) is 0 Å². The summed E-state index contributed by atoms with van der Waals surface area (Å²) >= 11 is 0. The second-order valence-corrected chi connectivity index (χ2v) is 5.01. The Balaban J connectivity index is 2.38. The molecule has 1 aliphatic heterocycles. The third-order valence-corrected chi connectivity index (χ3v) is 2.99. The molecule has 0 bridgehead atoms. The van der Waals surface area contributed by atoms with Crippen LogP contribution in [-0.4, -0.2) is 36.9 Å². The fourth-order valence-corrected chi connectivity index (χ4v) is 1.56. The van der Waals surface area contributed by atoms with E-state index in [0.29, 0.717) is 5.92 Å². The Kier molecular flexibility index (Phi) is 4.11. The molecule has 1 aliphatic rings. The van der Waals surface area contributed by atoms with Gasteiger partial charge < -0.3 is 15.2 Å². The van der Waals surface area contributed by atoms with Gasteiger partial charge in [0, 0.05) is 6.54 Å². The maximum atomic E-state index is 10.9. The van der Waals surface area contributed by atoms with Gasteiger partial charge in [-0.1, -0.05) is 6.92 Å².